The number of anilines is 1. The molecular weight excluding hydrogens is 560 g/mol. The number of aromatic nitrogens is 2. The van der Waals surface area contributed by atoms with Gasteiger partial charge in [0.05, 0.1) is 40.6 Å². The van der Waals surface area contributed by atoms with Crippen LogP contribution in [0, 0.1) is 18.4 Å². The lowest BCUT2D eigenvalue weighted by atomic mass is 10.2. The van der Waals surface area contributed by atoms with Gasteiger partial charge in [0.1, 0.15) is 11.9 Å². The Kier molecular flexibility index (Phi) is 9.68. The number of amides is 1. The number of benzene rings is 1. The fourth-order valence-corrected chi connectivity index (χ4v) is 7.38. The third kappa shape index (κ3) is 6.58. The Morgan fingerprint density at radius 3 is 2.58 bits per heavy atom. The molecule has 12 nitrogen and oxygen atoms in total. The van der Waals surface area contributed by atoms with Gasteiger partial charge in [-0.15, -0.1) is 0 Å². The standard InChI is InChI=1S/C25H31ClN6O4S.CH2O2/c1-18-14-24(32(28-18)9-8-29-10-12-36-13-11-29)30-16-20(37(34,35)23-5-3-2-4-21(23)26)15-22(30)25(33)31(17-27)19-6-7-19;2-1-3/h2-5,14,19-20,22H,6-13,15-16H2,1H3;1H,(H,2,3)/t20-,22+;/m1./s1. The first-order valence-corrected chi connectivity index (χ1v) is 15.0. The average Bonchev–Trinajstić information content (AvgIpc) is 3.55. The monoisotopic (exact) mass is 592 g/mol. The number of nitriles is 1. The van der Waals surface area contributed by atoms with E-state index >= 15 is 0 Å². The number of aryl methyl sites for hydroxylation is 1. The summed E-state index contributed by atoms with van der Waals surface area (Å²) < 4.78 is 34.6. The molecule has 2 atom stereocenters. The summed E-state index contributed by atoms with van der Waals surface area (Å²) in [6, 6.07) is 7.37. The summed E-state index contributed by atoms with van der Waals surface area (Å²) in [5.41, 5.74) is 0.778. The zero-order valence-corrected chi connectivity index (χ0v) is 23.8. The minimum atomic E-state index is -3.83. The van der Waals surface area contributed by atoms with Gasteiger partial charge < -0.3 is 14.7 Å². The van der Waals surface area contributed by atoms with E-state index in [2.05, 4.69) is 10.00 Å². The van der Waals surface area contributed by atoms with Crippen molar-refractivity contribution in [1.29, 1.82) is 5.26 Å². The molecule has 0 unspecified atom stereocenters. The Hall–Kier alpha value is -3.18. The quantitative estimate of drug-likeness (QED) is 0.273. The van der Waals surface area contributed by atoms with Crippen molar-refractivity contribution in [3.05, 3.63) is 41.0 Å². The molecule has 1 amide bonds. The maximum Gasteiger partial charge on any atom is 0.290 e. The van der Waals surface area contributed by atoms with Crippen molar-refractivity contribution in [1.82, 2.24) is 19.6 Å². The molecule has 2 aromatic rings. The highest BCUT2D eigenvalue weighted by Crippen LogP contribution is 2.36. The first-order chi connectivity index (χ1) is 19.2. The van der Waals surface area contributed by atoms with E-state index in [0.29, 0.717) is 25.6 Å². The van der Waals surface area contributed by atoms with Crippen molar-refractivity contribution >= 4 is 39.6 Å². The molecule has 14 heteroatoms. The van der Waals surface area contributed by atoms with Crippen LogP contribution < -0.4 is 4.90 Å². The summed E-state index contributed by atoms with van der Waals surface area (Å²) in [5.74, 6) is 0.329. The molecule has 0 radical (unpaired) electrons. The van der Waals surface area contributed by atoms with Gasteiger partial charge >= 0.3 is 0 Å². The fraction of sp³-hybridized carbons (Fsp3) is 0.538. The molecular formula is C26H33ClN6O6S. The molecule has 1 aromatic carbocycles. The number of rotatable bonds is 8. The zero-order valence-electron chi connectivity index (χ0n) is 22.2. The molecule has 2 saturated heterocycles. The Morgan fingerprint density at radius 1 is 1.27 bits per heavy atom. The third-order valence-corrected chi connectivity index (χ3v) is 9.92. The topological polar surface area (TPSA) is 149 Å². The largest absolute Gasteiger partial charge is 0.483 e. The summed E-state index contributed by atoms with van der Waals surface area (Å²) >= 11 is 6.27. The number of carboxylic acid groups (broad SMARTS) is 1. The molecule has 0 spiro atoms. The van der Waals surface area contributed by atoms with Gasteiger partial charge in [-0.05, 0) is 38.3 Å². The summed E-state index contributed by atoms with van der Waals surface area (Å²) in [4.78, 5) is 27.4. The predicted molar refractivity (Wildman–Crippen MR) is 147 cm³/mol. The Balaban J connectivity index is 0.00000118. The number of hydrogen-bond acceptors (Lipinski definition) is 9. The SMILES string of the molecule is Cc1cc(N2C[C@H](S(=O)(=O)c3ccccc3Cl)C[C@H]2C(=O)N(C#N)C2CC2)n(CCN2CCOCC2)n1.O=CO. The van der Waals surface area contributed by atoms with E-state index in [9.17, 15) is 18.5 Å². The number of halogens is 1. The van der Waals surface area contributed by atoms with E-state index in [0.717, 1.165) is 38.2 Å². The summed E-state index contributed by atoms with van der Waals surface area (Å²) in [6.07, 6.45) is 3.68. The van der Waals surface area contributed by atoms with Crippen LogP contribution in [0.4, 0.5) is 5.82 Å². The minimum absolute atomic E-state index is 0.0612. The van der Waals surface area contributed by atoms with Crippen molar-refractivity contribution in [2.75, 3.05) is 44.3 Å². The molecule has 1 aliphatic carbocycles. The van der Waals surface area contributed by atoms with Crippen LogP contribution >= 0.6 is 11.6 Å². The van der Waals surface area contributed by atoms with E-state index < -0.39 is 21.1 Å². The highest BCUT2D eigenvalue weighted by Gasteiger charge is 2.48. The molecule has 216 valence electrons. The van der Waals surface area contributed by atoms with Gasteiger partial charge in [-0.1, -0.05) is 23.7 Å². The van der Waals surface area contributed by atoms with Crippen molar-refractivity contribution in [2.24, 2.45) is 0 Å². The summed E-state index contributed by atoms with van der Waals surface area (Å²) in [6.45, 7) is 6.17. The molecule has 5 rings (SSSR count). The second kappa shape index (κ2) is 13.0. The smallest absolute Gasteiger partial charge is 0.290 e. The summed E-state index contributed by atoms with van der Waals surface area (Å²) in [5, 5.41) is 20.6. The third-order valence-electron chi connectivity index (χ3n) is 7.29. The maximum atomic E-state index is 13.7. The van der Waals surface area contributed by atoms with Crippen LogP contribution in [0.5, 0.6) is 0 Å². The molecule has 1 saturated carbocycles. The lowest BCUT2D eigenvalue weighted by Crippen LogP contribution is -2.45. The highest BCUT2D eigenvalue weighted by molar-refractivity contribution is 7.92. The van der Waals surface area contributed by atoms with Crippen LogP contribution in [-0.2, 0) is 30.7 Å². The van der Waals surface area contributed by atoms with E-state index in [1.165, 1.54) is 11.0 Å². The lowest BCUT2D eigenvalue weighted by molar-refractivity contribution is -0.129. The van der Waals surface area contributed by atoms with E-state index in [1.54, 1.807) is 18.2 Å². The number of nitrogens with zero attached hydrogens (tertiary/aromatic N) is 6. The number of carbonyl (C=O) groups excluding carboxylic acids is 1. The predicted octanol–water partition coefficient (Wildman–Crippen LogP) is 1.77. The van der Waals surface area contributed by atoms with Crippen LogP contribution in [0.15, 0.2) is 35.2 Å². The molecule has 40 heavy (non-hydrogen) atoms. The van der Waals surface area contributed by atoms with Crippen LogP contribution in [0.25, 0.3) is 0 Å². The van der Waals surface area contributed by atoms with E-state index in [-0.39, 0.29) is 41.3 Å². The first-order valence-electron chi connectivity index (χ1n) is 13.1. The summed E-state index contributed by atoms with van der Waals surface area (Å²) in [7, 11) is -3.83. The van der Waals surface area contributed by atoms with Crippen molar-refractivity contribution in [3.63, 3.8) is 0 Å². The Labute approximate surface area is 238 Å². The number of sulfone groups is 1. The van der Waals surface area contributed by atoms with Gasteiger partial charge in [-0.2, -0.15) is 10.4 Å². The van der Waals surface area contributed by atoms with Gasteiger partial charge in [0, 0.05) is 38.3 Å². The van der Waals surface area contributed by atoms with Gasteiger partial charge in [0.2, 0.25) is 0 Å². The van der Waals surface area contributed by atoms with Gasteiger partial charge in [-0.3, -0.25) is 14.5 Å². The average molecular weight is 593 g/mol. The Morgan fingerprint density at radius 2 is 1.95 bits per heavy atom. The fourth-order valence-electron chi connectivity index (χ4n) is 5.16. The molecule has 3 heterocycles. The molecule has 0 bridgehead atoms. The Bertz CT molecular complexity index is 1350. The van der Waals surface area contributed by atoms with Gasteiger partial charge in [0.15, 0.2) is 16.0 Å². The molecule has 3 fully saturated rings. The zero-order chi connectivity index (χ0) is 28.9. The molecule has 2 aliphatic heterocycles. The van der Waals surface area contributed by atoms with Crippen molar-refractivity contribution in [3.8, 4) is 6.19 Å². The molecule has 3 aliphatic rings. The van der Waals surface area contributed by atoms with Crippen LogP contribution in [0.3, 0.4) is 0 Å². The highest BCUT2D eigenvalue weighted by atomic mass is 35.5. The van der Waals surface area contributed by atoms with Gasteiger partial charge in [0.25, 0.3) is 12.4 Å². The maximum absolute atomic E-state index is 13.7. The first kappa shape index (κ1) is 29.8. The second-order valence-electron chi connectivity index (χ2n) is 9.97. The van der Waals surface area contributed by atoms with Gasteiger partial charge in [-0.25, -0.2) is 18.0 Å². The second-order valence-corrected chi connectivity index (χ2v) is 12.6. The number of carbonyl (C=O) groups is 2. The van der Waals surface area contributed by atoms with Crippen molar-refractivity contribution < 1.29 is 27.9 Å². The van der Waals surface area contributed by atoms with Crippen LogP contribution in [0.2, 0.25) is 5.02 Å². The normalized spacial score (nSPS) is 21.3. The minimum Gasteiger partial charge on any atom is -0.483 e. The van der Waals surface area contributed by atoms with Crippen LogP contribution in [0.1, 0.15) is 25.0 Å². The molecule has 1 aromatic heterocycles. The van der Waals surface area contributed by atoms with E-state index in [1.807, 2.05) is 28.8 Å². The number of morpholine rings is 1. The van der Waals surface area contributed by atoms with Crippen molar-refractivity contribution in [2.45, 2.75) is 55.0 Å². The van der Waals surface area contributed by atoms with E-state index in [4.69, 9.17) is 26.2 Å². The van der Waals surface area contributed by atoms with Crippen LogP contribution in [-0.4, -0.2) is 102 Å². The number of hydrogen-bond donors (Lipinski definition) is 1. The number of ether oxygens (including phenoxy) is 1. The lowest BCUT2D eigenvalue weighted by Gasteiger charge is -2.29. The molecule has 1 N–H and O–H groups in total.